The maximum Gasteiger partial charge on any atom is 0.141 e. The van der Waals surface area contributed by atoms with Crippen LogP contribution in [-0.2, 0) is 17.7 Å². The van der Waals surface area contributed by atoms with Crippen LogP contribution in [0.1, 0.15) is 65.0 Å². The number of aromatic nitrogens is 6. The number of hydrogen-bond donors (Lipinski definition) is 1. The van der Waals surface area contributed by atoms with Crippen LogP contribution in [0.3, 0.4) is 0 Å². The quantitative estimate of drug-likeness (QED) is 0.906. The van der Waals surface area contributed by atoms with E-state index in [1.807, 2.05) is 10.9 Å². The number of piperidine rings is 1. The molecule has 3 rings (SSSR count). The van der Waals surface area contributed by atoms with E-state index in [0.29, 0.717) is 25.2 Å². The Morgan fingerprint density at radius 3 is 2.72 bits per heavy atom. The average molecular weight is 347 g/mol. The van der Waals surface area contributed by atoms with Crippen LogP contribution in [0.25, 0.3) is 0 Å². The second kappa shape index (κ2) is 6.49. The van der Waals surface area contributed by atoms with E-state index in [0.717, 1.165) is 18.8 Å². The number of nitrogens with zero attached hydrogens (tertiary/aromatic N) is 7. The highest BCUT2D eigenvalue weighted by Gasteiger charge is 2.38. The molecule has 138 valence electrons. The van der Waals surface area contributed by atoms with Crippen LogP contribution in [-0.4, -0.2) is 52.9 Å². The minimum atomic E-state index is -0.960. The molecule has 0 radical (unpaired) electrons. The molecule has 8 nitrogen and oxygen atoms in total. The molecule has 3 heterocycles. The third-order valence-corrected chi connectivity index (χ3v) is 4.68. The summed E-state index contributed by atoms with van der Waals surface area (Å²) in [7, 11) is 0. The minimum Gasteiger partial charge on any atom is -0.382 e. The molecule has 1 N–H and O–H groups in total. The Bertz CT molecular complexity index is 715. The van der Waals surface area contributed by atoms with Gasteiger partial charge < -0.3 is 5.11 Å². The summed E-state index contributed by atoms with van der Waals surface area (Å²) in [5, 5.41) is 23.9. The fourth-order valence-corrected chi connectivity index (χ4v) is 3.34. The summed E-state index contributed by atoms with van der Waals surface area (Å²) in [5.74, 6) is 0.919. The van der Waals surface area contributed by atoms with E-state index in [4.69, 9.17) is 0 Å². The lowest BCUT2D eigenvalue weighted by molar-refractivity contribution is -0.0426. The fraction of sp³-hybridized carbons (Fsp3) is 0.765. The van der Waals surface area contributed by atoms with Gasteiger partial charge in [-0.25, -0.2) is 14.3 Å². The van der Waals surface area contributed by atoms with Crippen molar-refractivity contribution < 1.29 is 5.11 Å². The lowest BCUT2D eigenvalue weighted by Crippen LogP contribution is -2.46. The van der Waals surface area contributed by atoms with E-state index in [9.17, 15) is 5.11 Å². The molecular formula is C17H29N7O. The topological polar surface area (TPSA) is 84.9 Å². The first-order valence-electron chi connectivity index (χ1n) is 8.95. The van der Waals surface area contributed by atoms with Gasteiger partial charge in [0.1, 0.15) is 23.4 Å². The summed E-state index contributed by atoms with van der Waals surface area (Å²) in [4.78, 5) is 6.65. The van der Waals surface area contributed by atoms with Crippen molar-refractivity contribution in [3.63, 3.8) is 0 Å². The molecule has 0 aromatic carbocycles. The summed E-state index contributed by atoms with van der Waals surface area (Å²) in [6.45, 7) is 12.6. The van der Waals surface area contributed by atoms with Crippen molar-refractivity contribution in [2.75, 3.05) is 13.1 Å². The normalized spacial score (nSPS) is 22.7. The van der Waals surface area contributed by atoms with Crippen LogP contribution in [0.5, 0.6) is 0 Å². The molecule has 0 spiro atoms. The molecule has 2 aromatic rings. The smallest absolute Gasteiger partial charge is 0.141 e. The monoisotopic (exact) mass is 347 g/mol. The molecule has 0 unspecified atom stereocenters. The third-order valence-electron chi connectivity index (χ3n) is 4.68. The molecule has 1 saturated heterocycles. The SMILES string of the molecule is CC(C)n1cc([C@]2(O)CCCN(Cc3ncnn3C(C)(C)C)C2)nn1. The van der Waals surface area contributed by atoms with Gasteiger partial charge in [-0.1, -0.05) is 5.21 Å². The van der Waals surface area contributed by atoms with Gasteiger partial charge in [0.05, 0.1) is 18.3 Å². The van der Waals surface area contributed by atoms with Crippen LogP contribution in [0, 0.1) is 0 Å². The molecule has 8 heteroatoms. The first kappa shape index (κ1) is 18.0. The Kier molecular flexibility index (Phi) is 4.68. The van der Waals surface area contributed by atoms with Crippen LogP contribution >= 0.6 is 0 Å². The molecule has 0 bridgehead atoms. The van der Waals surface area contributed by atoms with Crippen LogP contribution in [0.2, 0.25) is 0 Å². The van der Waals surface area contributed by atoms with Gasteiger partial charge in [0, 0.05) is 12.6 Å². The van der Waals surface area contributed by atoms with Gasteiger partial charge in [0.25, 0.3) is 0 Å². The maximum absolute atomic E-state index is 11.2. The lowest BCUT2D eigenvalue weighted by atomic mass is 9.90. The summed E-state index contributed by atoms with van der Waals surface area (Å²) >= 11 is 0. The van der Waals surface area contributed by atoms with Gasteiger partial charge in [0.15, 0.2) is 0 Å². The fourth-order valence-electron chi connectivity index (χ4n) is 3.34. The van der Waals surface area contributed by atoms with Crippen molar-refractivity contribution in [1.29, 1.82) is 0 Å². The van der Waals surface area contributed by atoms with Crippen molar-refractivity contribution in [1.82, 2.24) is 34.7 Å². The Labute approximate surface area is 148 Å². The van der Waals surface area contributed by atoms with E-state index in [2.05, 4.69) is 59.9 Å². The molecule has 1 aliphatic rings. The molecule has 1 atom stereocenters. The van der Waals surface area contributed by atoms with Gasteiger partial charge in [-0.05, 0) is 54.0 Å². The van der Waals surface area contributed by atoms with Gasteiger partial charge in [0.2, 0.25) is 0 Å². The standard InChI is InChI=1S/C17H29N7O/c1-13(2)23-9-14(20-21-23)17(25)7-6-8-22(11-17)10-15-18-12-19-24(15)16(3,4)5/h9,12-13,25H,6-8,10-11H2,1-5H3/t17-/m0/s1. The zero-order valence-corrected chi connectivity index (χ0v) is 15.8. The summed E-state index contributed by atoms with van der Waals surface area (Å²) < 4.78 is 3.75. The van der Waals surface area contributed by atoms with Crippen molar-refractivity contribution >= 4 is 0 Å². The number of β-amino-alcohol motifs (C(OH)–C–C–N with tert-alkyl or cyclic N) is 1. The highest BCUT2D eigenvalue weighted by molar-refractivity contribution is 5.10. The number of hydrogen-bond acceptors (Lipinski definition) is 6. The Balaban J connectivity index is 1.76. The van der Waals surface area contributed by atoms with E-state index >= 15 is 0 Å². The molecule has 0 saturated carbocycles. The Morgan fingerprint density at radius 1 is 1.32 bits per heavy atom. The van der Waals surface area contributed by atoms with Crippen molar-refractivity contribution in [2.24, 2.45) is 0 Å². The molecule has 1 fully saturated rings. The molecular weight excluding hydrogens is 318 g/mol. The van der Waals surface area contributed by atoms with Crippen molar-refractivity contribution in [3.05, 3.63) is 24.0 Å². The van der Waals surface area contributed by atoms with Gasteiger partial charge in [-0.15, -0.1) is 5.10 Å². The second-order valence-corrected chi connectivity index (χ2v) is 8.28. The first-order chi connectivity index (χ1) is 11.7. The highest BCUT2D eigenvalue weighted by atomic mass is 16.3. The highest BCUT2D eigenvalue weighted by Crippen LogP contribution is 2.31. The van der Waals surface area contributed by atoms with E-state index < -0.39 is 5.60 Å². The zero-order valence-electron chi connectivity index (χ0n) is 15.8. The average Bonchev–Trinajstić information content (AvgIpc) is 3.15. The van der Waals surface area contributed by atoms with Crippen molar-refractivity contribution in [2.45, 2.75) is 71.2 Å². The van der Waals surface area contributed by atoms with Gasteiger partial charge in [-0.2, -0.15) is 5.10 Å². The molecule has 0 amide bonds. The van der Waals surface area contributed by atoms with Crippen LogP contribution < -0.4 is 0 Å². The summed E-state index contributed by atoms with van der Waals surface area (Å²) in [6, 6.07) is 0.231. The molecule has 0 aliphatic carbocycles. The second-order valence-electron chi connectivity index (χ2n) is 8.28. The zero-order chi connectivity index (χ0) is 18.2. The van der Waals surface area contributed by atoms with Crippen LogP contribution in [0.4, 0.5) is 0 Å². The molecule has 1 aliphatic heterocycles. The molecule has 25 heavy (non-hydrogen) atoms. The number of rotatable bonds is 4. The Hall–Kier alpha value is -1.80. The Morgan fingerprint density at radius 2 is 2.08 bits per heavy atom. The van der Waals surface area contributed by atoms with Crippen molar-refractivity contribution in [3.8, 4) is 0 Å². The van der Waals surface area contributed by atoms with Crippen LogP contribution in [0.15, 0.2) is 12.5 Å². The van der Waals surface area contributed by atoms with E-state index in [-0.39, 0.29) is 11.6 Å². The minimum absolute atomic E-state index is 0.113. The number of likely N-dealkylation sites (tertiary alicyclic amines) is 1. The number of aliphatic hydroxyl groups is 1. The van der Waals surface area contributed by atoms with Gasteiger partial charge >= 0.3 is 0 Å². The maximum atomic E-state index is 11.2. The lowest BCUT2D eigenvalue weighted by Gasteiger charge is -2.38. The van der Waals surface area contributed by atoms with E-state index in [1.54, 1.807) is 11.0 Å². The summed E-state index contributed by atoms with van der Waals surface area (Å²) in [5.41, 5.74) is -0.418. The largest absolute Gasteiger partial charge is 0.382 e. The third kappa shape index (κ3) is 3.74. The summed E-state index contributed by atoms with van der Waals surface area (Å²) in [6.07, 6.45) is 5.08. The molecule has 2 aromatic heterocycles. The predicted molar refractivity (Wildman–Crippen MR) is 93.8 cm³/mol. The first-order valence-corrected chi connectivity index (χ1v) is 8.95. The predicted octanol–water partition coefficient (Wildman–Crippen LogP) is 1.69. The van der Waals surface area contributed by atoms with E-state index in [1.165, 1.54) is 0 Å². The van der Waals surface area contributed by atoms with Gasteiger partial charge in [-0.3, -0.25) is 4.90 Å².